The number of nitrogens with one attached hydrogen (secondary N) is 1. The first-order chi connectivity index (χ1) is 7.29. The van der Waals surface area contributed by atoms with Gasteiger partial charge in [0.25, 0.3) is 0 Å². The van der Waals surface area contributed by atoms with Gasteiger partial charge in [-0.1, -0.05) is 0 Å². The summed E-state index contributed by atoms with van der Waals surface area (Å²) in [4.78, 5) is 3.73. The summed E-state index contributed by atoms with van der Waals surface area (Å²) < 4.78 is 18.4. The maximum atomic E-state index is 13.4. The van der Waals surface area contributed by atoms with Crippen LogP contribution in [0.4, 0.5) is 4.39 Å². The second-order valence-corrected chi connectivity index (χ2v) is 3.37. The number of halogens is 1. The lowest BCUT2D eigenvalue weighted by Crippen LogP contribution is -2.18. The van der Waals surface area contributed by atoms with Crippen LogP contribution in [0.15, 0.2) is 18.5 Å². The molecule has 1 rings (SSSR count). The van der Waals surface area contributed by atoms with Gasteiger partial charge in [-0.3, -0.25) is 4.98 Å². The quantitative estimate of drug-likeness (QED) is 0.731. The average molecular weight is 212 g/mol. The minimum atomic E-state index is -0.255. The predicted octanol–water partition coefficient (Wildman–Crippen LogP) is 1.91. The van der Waals surface area contributed by atoms with Crippen LogP contribution >= 0.6 is 0 Å². The third-order valence-corrected chi connectivity index (χ3v) is 2.37. The summed E-state index contributed by atoms with van der Waals surface area (Å²) in [6.45, 7) is 0.699. The van der Waals surface area contributed by atoms with Crippen molar-refractivity contribution in [2.75, 3.05) is 20.8 Å². The van der Waals surface area contributed by atoms with E-state index in [9.17, 15) is 4.39 Å². The van der Waals surface area contributed by atoms with Crippen molar-refractivity contribution in [3.63, 3.8) is 0 Å². The van der Waals surface area contributed by atoms with Crippen LogP contribution in [0.5, 0.6) is 0 Å². The minimum Gasteiger partial charge on any atom is -0.385 e. The zero-order valence-corrected chi connectivity index (χ0v) is 9.16. The van der Waals surface area contributed by atoms with E-state index in [0.29, 0.717) is 12.2 Å². The molecule has 1 N–H and O–H groups in total. The number of nitrogens with zero attached hydrogens (tertiary/aromatic N) is 1. The molecule has 1 aromatic rings. The summed E-state index contributed by atoms with van der Waals surface area (Å²) in [6, 6.07) is 1.74. The average Bonchev–Trinajstić information content (AvgIpc) is 2.26. The van der Waals surface area contributed by atoms with Crippen molar-refractivity contribution in [1.82, 2.24) is 10.3 Å². The van der Waals surface area contributed by atoms with E-state index in [-0.39, 0.29) is 11.9 Å². The molecule has 0 fully saturated rings. The molecule has 1 atom stereocenters. The van der Waals surface area contributed by atoms with Crippen LogP contribution in [0.2, 0.25) is 0 Å². The Labute approximate surface area is 89.7 Å². The van der Waals surface area contributed by atoms with Gasteiger partial charge in [0, 0.05) is 31.5 Å². The lowest BCUT2D eigenvalue weighted by Gasteiger charge is -2.16. The first-order valence-corrected chi connectivity index (χ1v) is 5.05. The van der Waals surface area contributed by atoms with Crippen LogP contribution in [0, 0.1) is 5.82 Å². The first-order valence-electron chi connectivity index (χ1n) is 5.05. The van der Waals surface area contributed by atoms with Gasteiger partial charge >= 0.3 is 0 Å². The second kappa shape index (κ2) is 6.48. The molecule has 0 amide bonds. The van der Waals surface area contributed by atoms with Crippen molar-refractivity contribution in [3.05, 3.63) is 29.8 Å². The molecular formula is C11H17FN2O. The van der Waals surface area contributed by atoms with E-state index in [1.165, 1.54) is 6.20 Å². The van der Waals surface area contributed by atoms with E-state index in [4.69, 9.17) is 4.74 Å². The lowest BCUT2D eigenvalue weighted by atomic mass is 10.0. The normalized spacial score (nSPS) is 12.7. The molecule has 4 heteroatoms. The number of hydrogen-bond acceptors (Lipinski definition) is 3. The maximum absolute atomic E-state index is 13.4. The Morgan fingerprint density at radius 1 is 1.60 bits per heavy atom. The van der Waals surface area contributed by atoms with Gasteiger partial charge in [-0.2, -0.15) is 0 Å². The van der Waals surface area contributed by atoms with Gasteiger partial charge in [-0.15, -0.1) is 0 Å². The Bertz CT molecular complexity index is 294. The molecule has 1 heterocycles. The third-order valence-electron chi connectivity index (χ3n) is 2.37. The van der Waals surface area contributed by atoms with Crippen molar-refractivity contribution in [3.8, 4) is 0 Å². The summed E-state index contributed by atoms with van der Waals surface area (Å²) >= 11 is 0. The van der Waals surface area contributed by atoms with Crippen molar-refractivity contribution >= 4 is 0 Å². The fourth-order valence-electron chi connectivity index (χ4n) is 1.56. The van der Waals surface area contributed by atoms with Crippen LogP contribution < -0.4 is 5.32 Å². The summed E-state index contributed by atoms with van der Waals surface area (Å²) in [5.74, 6) is -0.255. The highest BCUT2D eigenvalue weighted by Crippen LogP contribution is 2.19. The highest BCUT2D eigenvalue weighted by molar-refractivity contribution is 5.17. The number of aromatic nitrogens is 1. The molecule has 0 spiro atoms. The van der Waals surface area contributed by atoms with Crippen LogP contribution in [0.25, 0.3) is 0 Å². The summed E-state index contributed by atoms with van der Waals surface area (Å²) in [5.41, 5.74) is 0.670. The van der Waals surface area contributed by atoms with Crippen molar-refractivity contribution < 1.29 is 9.13 Å². The van der Waals surface area contributed by atoms with E-state index < -0.39 is 0 Å². The third kappa shape index (κ3) is 3.57. The van der Waals surface area contributed by atoms with Gasteiger partial charge in [-0.05, 0) is 26.0 Å². The highest BCUT2D eigenvalue weighted by atomic mass is 19.1. The number of ether oxygens (including phenoxy) is 1. The molecule has 3 nitrogen and oxygen atoms in total. The van der Waals surface area contributed by atoms with Crippen molar-refractivity contribution in [1.29, 1.82) is 0 Å². The monoisotopic (exact) mass is 212 g/mol. The van der Waals surface area contributed by atoms with Crippen LogP contribution in [0.1, 0.15) is 24.4 Å². The van der Waals surface area contributed by atoms with Crippen LogP contribution in [-0.2, 0) is 4.74 Å². The first kappa shape index (κ1) is 12.1. The second-order valence-electron chi connectivity index (χ2n) is 3.37. The van der Waals surface area contributed by atoms with Crippen molar-refractivity contribution in [2.45, 2.75) is 18.9 Å². The Morgan fingerprint density at radius 2 is 2.40 bits per heavy atom. The Balaban J connectivity index is 2.61. The zero-order chi connectivity index (χ0) is 11.1. The highest BCUT2D eigenvalue weighted by Gasteiger charge is 2.12. The molecule has 0 aliphatic carbocycles. The molecule has 0 aliphatic heterocycles. The molecule has 15 heavy (non-hydrogen) atoms. The van der Waals surface area contributed by atoms with Gasteiger partial charge in [0.15, 0.2) is 0 Å². The van der Waals surface area contributed by atoms with Gasteiger partial charge in [0.2, 0.25) is 0 Å². The number of hydrogen-bond donors (Lipinski definition) is 1. The summed E-state index contributed by atoms with van der Waals surface area (Å²) in [5, 5.41) is 3.09. The molecule has 0 aliphatic rings. The SMILES string of the molecule is CNC(CCCOC)c1ccncc1F. The largest absolute Gasteiger partial charge is 0.385 e. The Hall–Kier alpha value is -1.00. The van der Waals surface area contributed by atoms with Crippen LogP contribution in [-0.4, -0.2) is 25.7 Å². The molecule has 0 radical (unpaired) electrons. The Kier molecular flexibility index (Phi) is 5.21. The zero-order valence-electron chi connectivity index (χ0n) is 9.16. The lowest BCUT2D eigenvalue weighted by molar-refractivity contribution is 0.189. The van der Waals surface area contributed by atoms with Gasteiger partial charge in [-0.25, -0.2) is 4.39 Å². The summed E-state index contributed by atoms with van der Waals surface area (Å²) in [7, 11) is 3.50. The van der Waals surface area contributed by atoms with Crippen LogP contribution in [0.3, 0.4) is 0 Å². The van der Waals surface area contributed by atoms with Gasteiger partial charge in [0.1, 0.15) is 5.82 Å². The standard InChI is InChI=1S/C11H17FN2O/c1-13-11(4-3-7-15-2)9-5-6-14-8-10(9)12/h5-6,8,11,13H,3-4,7H2,1-2H3. The molecule has 0 bridgehead atoms. The molecule has 0 aromatic carbocycles. The maximum Gasteiger partial charge on any atom is 0.146 e. The molecule has 1 unspecified atom stereocenters. The molecule has 84 valence electrons. The molecule has 1 aromatic heterocycles. The van der Waals surface area contributed by atoms with E-state index in [2.05, 4.69) is 10.3 Å². The molecule has 0 saturated carbocycles. The minimum absolute atomic E-state index is 0.0307. The fourth-order valence-corrected chi connectivity index (χ4v) is 1.56. The number of rotatable bonds is 6. The number of methoxy groups -OCH3 is 1. The molecule has 0 saturated heterocycles. The predicted molar refractivity (Wildman–Crippen MR) is 57.1 cm³/mol. The van der Waals surface area contributed by atoms with Crippen molar-refractivity contribution in [2.24, 2.45) is 0 Å². The number of pyridine rings is 1. The van der Waals surface area contributed by atoms with Gasteiger partial charge < -0.3 is 10.1 Å². The van der Waals surface area contributed by atoms with Gasteiger partial charge in [0.05, 0.1) is 6.20 Å². The Morgan fingerprint density at radius 3 is 3.00 bits per heavy atom. The smallest absolute Gasteiger partial charge is 0.146 e. The topological polar surface area (TPSA) is 34.1 Å². The van der Waals surface area contributed by atoms with E-state index in [0.717, 1.165) is 12.8 Å². The van der Waals surface area contributed by atoms with E-state index in [1.54, 1.807) is 19.4 Å². The van der Waals surface area contributed by atoms with E-state index >= 15 is 0 Å². The summed E-state index contributed by atoms with van der Waals surface area (Å²) in [6.07, 6.45) is 4.62. The molecular weight excluding hydrogens is 195 g/mol. The van der Waals surface area contributed by atoms with E-state index in [1.807, 2.05) is 7.05 Å². The fraction of sp³-hybridized carbons (Fsp3) is 0.545.